The van der Waals surface area contributed by atoms with Gasteiger partial charge in [0.2, 0.25) is 5.82 Å². The van der Waals surface area contributed by atoms with Gasteiger partial charge in [0.25, 0.3) is 5.89 Å². The molecule has 3 aromatic carbocycles. The quantitative estimate of drug-likeness (QED) is 0.278. The Hall–Kier alpha value is -5.12. The van der Waals surface area contributed by atoms with E-state index in [0.717, 1.165) is 22.4 Å². The van der Waals surface area contributed by atoms with Crippen molar-refractivity contribution in [2.45, 2.75) is 13.5 Å². The molecule has 0 aliphatic heterocycles. The summed E-state index contributed by atoms with van der Waals surface area (Å²) in [7, 11) is 3.15. The molecule has 2 heterocycles. The highest BCUT2D eigenvalue weighted by Gasteiger charge is 2.15. The second kappa shape index (κ2) is 10.9. The molecule has 192 valence electrons. The van der Waals surface area contributed by atoms with Gasteiger partial charge in [-0.2, -0.15) is 4.98 Å². The Balaban J connectivity index is 1.21. The minimum atomic E-state index is -0.297. The molecule has 5 aromatic rings. The lowest BCUT2D eigenvalue weighted by Gasteiger charge is -2.09. The molecule has 10 nitrogen and oxygen atoms in total. The number of ether oxygens (including phenoxy) is 2. The Morgan fingerprint density at radius 2 is 1.74 bits per heavy atom. The summed E-state index contributed by atoms with van der Waals surface area (Å²) in [5.41, 5.74) is 4.85. The number of aryl methyl sites for hydroxylation is 1. The van der Waals surface area contributed by atoms with Crippen molar-refractivity contribution >= 4 is 17.4 Å². The Labute approximate surface area is 219 Å². The second-order valence-electron chi connectivity index (χ2n) is 8.57. The van der Waals surface area contributed by atoms with E-state index in [1.807, 2.05) is 72.3 Å². The van der Waals surface area contributed by atoms with E-state index in [9.17, 15) is 4.79 Å². The summed E-state index contributed by atoms with van der Waals surface area (Å²) in [6, 6.07) is 20.4. The zero-order valence-electron chi connectivity index (χ0n) is 21.1. The van der Waals surface area contributed by atoms with E-state index in [2.05, 4.69) is 25.8 Å². The SMILES string of the molecule is COc1ccc(-c2noc(-c3cn(Cc4ccc(NC(=O)Nc5cccc(C)c5)cc4)cn3)n2)cc1OC. The molecule has 38 heavy (non-hydrogen) atoms. The molecular formula is C28H26N6O4. The number of aromatic nitrogens is 4. The number of amides is 2. The number of benzene rings is 3. The lowest BCUT2D eigenvalue weighted by molar-refractivity contribution is 0.262. The molecule has 2 N–H and O–H groups in total. The van der Waals surface area contributed by atoms with Crippen LogP contribution >= 0.6 is 0 Å². The van der Waals surface area contributed by atoms with Gasteiger partial charge in [0.1, 0.15) is 5.69 Å². The molecule has 0 atom stereocenters. The maximum Gasteiger partial charge on any atom is 0.323 e. The number of nitrogens with zero attached hydrogens (tertiary/aromatic N) is 4. The number of urea groups is 1. The van der Waals surface area contributed by atoms with E-state index < -0.39 is 0 Å². The minimum Gasteiger partial charge on any atom is -0.493 e. The zero-order chi connectivity index (χ0) is 26.5. The number of hydrogen-bond acceptors (Lipinski definition) is 7. The van der Waals surface area contributed by atoms with Crippen LogP contribution in [0.1, 0.15) is 11.1 Å². The van der Waals surface area contributed by atoms with Crippen molar-refractivity contribution in [2.75, 3.05) is 24.9 Å². The summed E-state index contributed by atoms with van der Waals surface area (Å²) in [4.78, 5) is 21.2. The molecule has 0 unspecified atom stereocenters. The van der Waals surface area contributed by atoms with Gasteiger partial charge in [-0.1, -0.05) is 29.4 Å². The molecule has 0 saturated carbocycles. The highest BCUT2D eigenvalue weighted by atomic mass is 16.5. The maximum atomic E-state index is 12.3. The van der Waals surface area contributed by atoms with Crippen molar-refractivity contribution in [3.05, 3.63) is 90.4 Å². The van der Waals surface area contributed by atoms with Crippen molar-refractivity contribution in [2.24, 2.45) is 0 Å². The second-order valence-corrected chi connectivity index (χ2v) is 8.57. The first-order valence-electron chi connectivity index (χ1n) is 11.8. The summed E-state index contributed by atoms with van der Waals surface area (Å²) in [5.74, 6) is 1.93. The first kappa shape index (κ1) is 24.6. The van der Waals surface area contributed by atoms with Crippen LogP contribution in [0.15, 0.2) is 83.8 Å². The van der Waals surface area contributed by atoms with E-state index in [-0.39, 0.29) is 6.03 Å². The Bertz CT molecular complexity index is 1560. The van der Waals surface area contributed by atoms with Crippen molar-refractivity contribution in [3.63, 3.8) is 0 Å². The minimum absolute atomic E-state index is 0.297. The number of rotatable bonds is 8. The number of imidazole rings is 1. The number of nitrogens with one attached hydrogen (secondary N) is 2. The number of methoxy groups -OCH3 is 2. The lowest BCUT2D eigenvalue weighted by Crippen LogP contribution is -2.19. The number of carbonyl (C=O) groups excluding carboxylic acids is 1. The molecule has 0 fully saturated rings. The standard InChI is InChI=1S/C28H26N6O4/c1-18-5-4-6-22(13-18)31-28(35)30-21-10-7-19(8-11-21)15-34-16-23(29-17-34)27-32-26(33-38-27)20-9-12-24(36-2)25(14-20)37-3/h4-14,16-17H,15H2,1-3H3,(H2,30,31,35). The van der Waals surface area contributed by atoms with Crippen LogP contribution in [0, 0.1) is 6.92 Å². The van der Waals surface area contributed by atoms with Crippen molar-refractivity contribution in [3.8, 4) is 34.5 Å². The molecule has 0 aliphatic carbocycles. The predicted molar refractivity (Wildman–Crippen MR) is 143 cm³/mol. The Morgan fingerprint density at radius 3 is 2.50 bits per heavy atom. The smallest absolute Gasteiger partial charge is 0.323 e. The molecular weight excluding hydrogens is 484 g/mol. The van der Waals surface area contributed by atoms with Crippen molar-refractivity contribution < 1.29 is 18.8 Å². The van der Waals surface area contributed by atoms with Crippen molar-refractivity contribution in [1.82, 2.24) is 19.7 Å². The molecule has 2 amide bonds. The molecule has 5 rings (SSSR count). The third-order valence-corrected chi connectivity index (χ3v) is 5.77. The van der Waals surface area contributed by atoms with E-state index >= 15 is 0 Å². The van der Waals surface area contributed by atoms with Gasteiger partial charge in [-0.3, -0.25) is 0 Å². The van der Waals surface area contributed by atoms with Gasteiger partial charge in [0.15, 0.2) is 11.5 Å². The maximum absolute atomic E-state index is 12.3. The average molecular weight is 511 g/mol. The average Bonchev–Trinajstić information content (AvgIpc) is 3.59. The summed E-state index contributed by atoms with van der Waals surface area (Å²) < 4.78 is 18.0. The third kappa shape index (κ3) is 5.65. The molecule has 2 aromatic heterocycles. The monoisotopic (exact) mass is 510 g/mol. The van der Waals surface area contributed by atoms with Crippen LogP contribution in [0.2, 0.25) is 0 Å². The Kier molecular flexibility index (Phi) is 7.03. The lowest BCUT2D eigenvalue weighted by atomic mass is 10.2. The molecule has 0 bridgehead atoms. The van der Waals surface area contributed by atoms with Crippen LogP contribution < -0.4 is 20.1 Å². The van der Waals surface area contributed by atoms with Gasteiger partial charge in [0, 0.05) is 29.7 Å². The number of carbonyl (C=O) groups is 1. The summed E-state index contributed by atoms with van der Waals surface area (Å²) in [5, 5.41) is 9.76. The first-order valence-corrected chi connectivity index (χ1v) is 11.8. The summed E-state index contributed by atoms with van der Waals surface area (Å²) in [6.07, 6.45) is 3.55. The van der Waals surface area contributed by atoms with Gasteiger partial charge in [-0.25, -0.2) is 9.78 Å². The Morgan fingerprint density at radius 1 is 0.947 bits per heavy atom. The van der Waals surface area contributed by atoms with Crippen LogP contribution in [0.25, 0.3) is 23.0 Å². The van der Waals surface area contributed by atoms with Crippen LogP contribution in [0.4, 0.5) is 16.2 Å². The molecule has 0 aliphatic rings. The fourth-order valence-electron chi connectivity index (χ4n) is 3.90. The van der Waals surface area contributed by atoms with E-state index in [1.165, 1.54) is 0 Å². The zero-order valence-corrected chi connectivity index (χ0v) is 21.1. The van der Waals surface area contributed by atoms with Gasteiger partial charge in [-0.05, 0) is 60.5 Å². The highest BCUT2D eigenvalue weighted by molar-refractivity contribution is 5.99. The van der Waals surface area contributed by atoms with E-state index in [4.69, 9.17) is 14.0 Å². The van der Waals surface area contributed by atoms with Crippen molar-refractivity contribution in [1.29, 1.82) is 0 Å². The molecule has 10 heteroatoms. The van der Waals surface area contributed by atoms with Gasteiger partial charge in [0.05, 0.1) is 20.5 Å². The topological polar surface area (TPSA) is 116 Å². The highest BCUT2D eigenvalue weighted by Crippen LogP contribution is 2.32. The van der Waals surface area contributed by atoms with E-state index in [1.54, 1.807) is 32.7 Å². The molecule has 0 spiro atoms. The number of anilines is 2. The molecule has 0 saturated heterocycles. The van der Waals surface area contributed by atoms with E-state index in [0.29, 0.717) is 41.1 Å². The van der Waals surface area contributed by atoms with Crippen LogP contribution in [-0.2, 0) is 6.54 Å². The fraction of sp³-hybridized carbons (Fsp3) is 0.143. The summed E-state index contributed by atoms with van der Waals surface area (Å²) >= 11 is 0. The molecule has 0 radical (unpaired) electrons. The first-order chi connectivity index (χ1) is 18.5. The van der Waals surface area contributed by atoms with Crippen LogP contribution in [-0.4, -0.2) is 39.9 Å². The fourth-order valence-corrected chi connectivity index (χ4v) is 3.90. The van der Waals surface area contributed by atoms with Gasteiger partial charge in [-0.15, -0.1) is 0 Å². The predicted octanol–water partition coefficient (Wildman–Crippen LogP) is 5.62. The largest absolute Gasteiger partial charge is 0.493 e. The number of hydrogen-bond donors (Lipinski definition) is 2. The van der Waals surface area contributed by atoms with Crippen LogP contribution in [0.3, 0.4) is 0 Å². The van der Waals surface area contributed by atoms with Gasteiger partial charge >= 0.3 is 6.03 Å². The normalized spacial score (nSPS) is 10.7. The van der Waals surface area contributed by atoms with Gasteiger partial charge < -0.3 is 29.2 Å². The third-order valence-electron chi connectivity index (χ3n) is 5.77. The summed E-state index contributed by atoms with van der Waals surface area (Å²) in [6.45, 7) is 2.56. The van der Waals surface area contributed by atoms with Crippen LogP contribution in [0.5, 0.6) is 11.5 Å².